The van der Waals surface area contributed by atoms with Crippen molar-refractivity contribution in [1.82, 2.24) is 5.43 Å². The predicted molar refractivity (Wildman–Crippen MR) is 113 cm³/mol. The molecule has 0 atom stereocenters. The number of fused-ring (bicyclic) bond motifs is 1. The molecule has 0 aromatic heterocycles. The molecule has 0 aliphatic carbocycles. The smallest absolute Gasteiger partial charge is 0.271 e. The molecule has 3 aromatic carbocycles. The Hall–Kier alpha value is -4.13. The molecule has 3 aromatic rings. The maximum atomic E-state index is 12.4. The lowest BCUT2D eigenvalue weighted by atomic mass is 10.1. The van der Waals surface area contributed by atoms with Crippen LogP contribution in [0.15, 0.2) is 71.8 Å². The van der Waals surface area contributed by atoms with Crippen LogP contribution < -0.4 is 20.2 Å². The summed E-state index contributed by atoms with van der Waals surface area (Å²) in [4.78, 5) is 24.8. The van der Waals surface area contributed by atoms with Gasteiger partial charge in [-0.05, 0) is 61.0 Å². The number of carbonyl (C=O) groups excluding carboxylic acids is 2. The average molecular weight is 401 g/mol. The van der Waals surface area contributed by atoms with Gasteiger partial charge in [0.2, 0.25) is 6.79 Å². The standard InChI is InChI=1S/C23H19N3O4/c1-15-4-2-5-17(10-15)22(27)25-19-7-3-6-18(12-19)23(28)26-24-13-16-8-9-20-21(11-16)30-14-29-20/h2-13H,14H2,1H3,(H,25,27)(H,26,28). The summed E-state index contributed by atoms with van der Waals surface area (Å²) in [6.07, 6.45) is 1.52. The maximum absolute atomic E-state index is 12.4. The van der Waals surface area contributed by atoms with Gasteiger partial charge in [-0.25, -0.2) is 5.43 Å². The van der Waals surface area contributed by atoms with Crippen molar-refractivity contribution in [2.75, 3.05) is 12.1 Å². The molecule has 0 fully saturated rings. The first-order valence-electron chi connectivity index (χ1n) is 9.30. The minimum Gasteiger partial charge on any atom is -0.454 e. The van der Waals surface area contributed by atoms with E-state index in [1.165, 1.54) is 6.21 Å². The molecule has 1 aliphatic heterocycles. The molecule has 4 rings (SSSR count). The average Bonchev–Trinajstić information content (AvgIpc) is 3.22. The molecule has 0 spiro atoms. The van der Waals surface area contributed by atoms with Gasteiger partial charge < -0.3 is 14.8 Å². The van der Waals surface area contributed by atoms with Crippen molar-refractivity contribution in [2.24, 2.45) is 5.10 Å². The van der Waals surface area contributed by atoms with Gasteiger partial charge in [-0.1, -0.05) is 23.8 Å². The minimum atomic E-state index is -0.390. The molecule has 7 nitrogen and oxygen atoms in total. The first-order valence-corrected chi connectivity index (χ1v) is 9.30. The van der Waals surface area contributed by atoms with Crippen LogP contribution >= 0.6 is 0 Å². The van der Waals surface area contributed by atoms with Crippen LogP contribution in [0.2, 0.25) is 0 Å². The Morgan fingerprint density at radius 2 is 1.67 bits per heavy atom. The molecule has 7 heteroatoms. The number of nitrogens with one attached hydrogen (secondary N) is 2. The number of rotatable bonds is 5. The van der Waals surface area contributed by atoms with Gasteiger partial charge in [0.1, 0.15) is 0 Å². The normalized spacial score (nSPS) is 12.0. The maximum Gasteiger partial charge on any atom is 0.271 e. The van der Waals surface area contributed by atoms with Gasteiger partial charge in [0.05, 0.1) is 6.21 Å². The van der Waals surface area contributed by atoms with E-state index in [1.807, 2.05) is 25.1 Å². The van der Waals surface area contributed by atoms with Crippen LogP contribution in [0.4, 0.5) is 5.69 Å². The van der Waals surface area contributed by atoms with Crippen LogP contribution in [-0.2, 0) is 0 Å². The van der Waals surface area contributed by atoms with E-state index in [1.54, 1.807) is 48.5 Å². The first kappa shape index (κ1) is 19.2. The lowest BCUT2D eigenvalue weighted by molar-refractivity contribution is 0.0953. The van der Waals surface area contributed by atoms with Crippen LogP contribution in [0.5, 0.6) is 11.5 Å². The first-order chi connectivity index (χ1) is 14.6. The molecule has 0 bridgehead atoms. The topological polar surface area (TPSA) is 89.0 Å². The number of benzene rings is 3. The van der Waals surface area contributed by atoms with Gasteiger partial charge in [0.15, 0.2) is 11.5 Å². The quantitative estimate of drug-likeness (QED) is 0.504. The highest BCUT2D eigenvalue weighted by Gasteiger charge is 2.13. The van der Waals surface area contributed by atoms with Crippen molar-refractivity contribution >= 4 is 23.7 Å². The summed E-state index contributed by atoms with van der Waals surface area (Å²) in [5, 5.41) is 6.79. The third-order valence-electron chi connectivity index (χ3n) is 4.44. The second-order valence-electron chi connectivity index (χ2n) is 6.72. The van der Waals surface area contributed by atoms with Gasteiger partial charge in [-0.3, -0.25) is 9.59 Å². The number of hydrazone groups is 1. The number of aryl methyl sites for hydroxylation is 1. The van der Waals surface area contributed by atoms with Gasteiger partial charge in [-0.2, -0.15) is 5.10 Å². The molecule has 0 saturated heterocycles. The fourth-order valence-corrected chi connectivity index (χ4v) is 2.95. The fraction of sp³-hybridized carbons (Fsp3) is 0.0870. The molecule has 150 valence electrons. The summed E-state index contributed by atoms with van der Waals surface area (Å²) < 4.78 is 10.6. The molecule has 0 radical (unpaired) electrons. The Kier molecular flexibility index (Phi) is 5.43. The summed E-state index contributed by atoms with van der Waals surface area (Å²) in [7, 11) is 0. The van der Waals surface area contributed by atoms with Crippen molar-refractivity contribution in [1.29, 1.82) is 0 Å². The summed E-state index contributed by atoms with van der Waals surface area (Å²) in [5.74, 6) is 0.693. The third kappa shape index (κ3) is 4.47. The SMILES string of the molecule is Cc1cccc(C(=O)Nc2cccc(C(=O)NN=Cc3ccc4c(c3)OCO4)c2)c1. The number of nitrogens with zero attached hydrogens (tertiary/aromatic N) is 1. The Balaban J connectivity index is 1.39. The van der Waals surface area contributed by atoms with Crippen LogP contribution in [0.3, 0.4) is 0 Å². The van der Waals surface area contributed by atoms with Gasteiger partial charge in [-0.15, -0.1) is 0 Å². The number of carbonyl (C=O) groups is 2. The highest BCUT2D eigenvalue weighted by molar-refractivity contribution is 6.05. The Bertz CT molecular complexity index is 1140. The zero-order valence-electron chi connectivity index (χ0n) is 16.2. The zero-order valence-corrected chi connectivity index (χ0v) is 16.2. The molecular weight excluding hydrogens is 382 g/mol. The predicted octanol–water partition coefficient (Wildman–Crippen LogP) is 3.74. The Morgan fingerprint density at radius 3 is 2.50 bits per heavy atom. The number of hydrogen-bond donors (Lipinski definition) is 2. The van der Waals surface area contributed by atoms with E-state index in [0.717, 1.165) is 11.1 Å². The van der Waals surface area contributed by atoms with Crippen molar-refractivity contribution in [3.8, 4) is 11.5 Å². The van der Waals surface area contributed by atoms with Crippen LogP contribution in [0, 0.1) is 6.92 Å². The fourth-order valence-electron chi connectivity index (χ4n) is 2.95. The van der Waals surface area contributed by atoms with E-state index in [-0.39, 0.29) is 12.7 Å². The summed E-state index contributed by atoms with van der Waals surface area (Å²) >= 11 is 0. The highest BCUT2D eigenvalue weighted by atomic mass is 16.7. The van der Waals surface area contributed by atoms with Gasteiger partial charge in [0.25, 0.3) is 11.8 Å². The van der Waals surface area contributed by atoms with Crippen molar-refractivity contribution in [3.05, 3.63) is 89.0 Å². The molecule has 2 amide bonds. The third-order valence-corrected chi connectivity index (χ3v) is 4.44. The largest absolute Gasteiger partial charge is 0.454 e. The van der Waals surface area contributed by atoms with Crippen molar-refractivity contribution in [2.45, 2.75) is 6.92 Å². The van der Waals surface area contributed by atoms with E-state index >= 15 is 0 Å². The molecule has 30 heavy (non-hydrogen) atoms. The van der Waals surface area contributed by atoms with E-state index in [2.05, 4.69) is 15.8 Å². The molecular formula is C23H19N3O4. The van der Waals surface area contributed by atoms with E-state index in [4.69, 9.17) is 9.47 Å². The summed E-state index contributed by atoms with van der Waals surface area (Å²) in [6.45, 7) is 2.12. The molecule has 2 N–H and O–H groups in total. The number of anilines is 1. The monoisotopic (exact) mass is 401 g/mol. The second kappa shape index (κ2) is 8.48. The highest BCUT2D eigenvalue weighted by Crippen LogP contribution is 2.31. The molecule has 0 saturated carbocycles. The van der Waals surface area contributed by atoms with E-state index in [9.17, 15) is 9.59 Å². The van der Waals surface area contributed by atoms with E-state index < -0.39 is 5.91 Å². The summed E-state index contributed by atoms with van der Waals surface area (Å²) in [5.41, 5.74) is 5.69. The zero-order chi connectivity index (χ0) is 20.9. The Morgan fingerprint density at radius 1 is 0.900 bits per heavy atom. The number of hydrogen-bond acceptors (Lipinski definition) is 5. The van der Waals surface area contributed by atoms with Crippen LogP contribution in [0.1, 0.15) is 31.8 Å². The lowest BCUT2D eigenvalue weighted by Crippen LogP contribution is -2.18. The molecule has 1 aliphatic rings. The van der Waals surface area contributed by atoms with Gasteiger partial charge >= 0.3 is 0 Å². The molecule has 0 unspecified atom stereocenters. The summed E-state index contributed by atoms with van der Waals surface area (Å²) in [6, 6.07) is 19.3. The number of ether oxygens (including phenoxy) is 2. The second-order valence-corrected chi connectivity index (χ2v) is 6.72. The number of amides is 2. The minimum absolute atomic E-state index is 0.198. The van der Waals surface area contributed by atoms with Crippen LogP contribution in [-0.4, -0.2) is 24.8 Å². The van der Waals surface area contributed by atoms with Crippen LogP contribution in [0.25, 0.3) is 0 Å². The van der Waals surface area contributed by atoms with Crippen molar-refractivity contribution in [3.63, 3.8) is 0 Å². The van der Waals surface area contributed by atoms with Gasteiger partial charge in [0, 0.05) is 16.8 Å². The lowest BCUT2D eigenvalue weighted by Gasteiger charge is -2.07. The Labute approximate surface area is 173 Å². The molecule has 1 heterocycles. The van der Waals surface area contributed by atoms with E-state index in [0.29, 0.717) is 28.3 Å². The van der Waals surface area contributed by atoms with Crippen molar-refractivity contribution < 1.29 is 19.1 Å².